The van der Waals surface area contributed by atoms with Gasteiger partial charge in [0.25, 0.3) is 0 Å². The van der Waals surface area contributed by atoms with Gasteiger partial charge in [-0.1, -0.05) is 19.8 Å². The van der Waals surface area contributed by atoms with Crippen LogP contribution in [0.2, 0.25) is 0 Å². The third-order valence-corrected chi connectivity index (χ3v) is 4.02. The number of hydrogen-bond acceptors (Lipinski definition) is 2. The molecule has 0 radical (unpaired) electrons. The molecule has 0 saturated heterocycles. The fourth-order valence-electron chi connectivity index (χ4n) is 3.04. The lowest BCUT2D eigenvalue weighted by Crippen LogP contribution is -2.20. The highest BCUT2D eigenvalue weighted by Gasteiger charge is 2.22. The summed E-state index contributed by atoms with van der Waals surface area (Å²) in [6.45, 7) is 4.42. The summed E-state index contributed by atoms with van der Waals surface area (Å²) in [7, 11) is 0. The van der Waals surface area contributed by atoms with E-state index in [1.807, 2.05) is 0 Å². The molecular weight excluding hydrogens is 242 g/mol. The van der Waals surface area contributed by atoms with Crippen molar-refractivity contribution in [2.45, 2.75) is 46.1 Å². The van der Waals surface area contributed by atoms with Gasteiger partial charge in [-0.3, -0.25) is 4.79 Å². The summed E-state index contributed by atoms with van der Waals surface area (Å²) < 4.78 is 1.74. The number of carbonyl (C=O) groups is 2. The molecule has 4 nitrogen and oxygen atoms in total. The molecule has 0 spiro atoms. The maximum atomic E-state index is 11.4. The van der Waals surface area contributed by atoms with Crippen LogP contribution in [0.4, 0.5) is 0 Å². The second kappa shape index (κ2) is 5.59. The molecule has 1 aliphatic carbocycles. The highest BCUT2D eigenvalue weighted by Crippen LogP contribution is 2.30. The average molecular weight is 263 g/mol. The molecule has 1 N–H and O–H groups in total. The Hall–Kier alpha value is -1.58. The maximum absolute atomic E-state index is 11.4. The summed E-state index contributed by atoms with van der Waals surface area (Å²) in [6.07, 6.45) is 6.47. The monoisotopic (exact) mass is 263 g/mol. The molecule has 1 saturated carbocycles. The zero-order valence-electron chi connectivity index (χ0n) is 11.6. The lowest BCUT2D eigenvalue weighted by molar-refractivity contribution is 0.0683. The predicted octanol–water partition coefficient (Wildman–Crippen LogP) is 3.22. The van der Waals surface area contributed by atoms with Crippen LogP contribution < -0.4 is 0 Å². The molecule has 0 amide bonds. The third kappa shape index (κ3) is 3.25. The van der Waals surface area contributed by atoms with Crippen molar-refractivity contribution >= 4 is 11.8 Å². The van der Waals surface area contributed by atoms with Crippen molar-refractivity contribution in [3.05, 3.63) is 23.5 Å². The molecular formula is C15H21NO3. The molecule has 2 atom stereocenters. The molecule has 0 bridgehead atoms. The molecule has 0 aromatic carbocycles. The zero-order chi connectivity index (χ0) is 14.0. The van der Waals surface area contributed by atoms with Gasteiger partial charge in [-0.05, 0) is 37.7 Å². The van der Waals surface area contributed by atoms with Crippen LogP contribution in [0, 0.1) is 11.8 Å². The SMILES string of the molecule is CC(=O)c1cc(C(=O)O)n(CC2CCCC(C)C2)c1. The molecule has 1 aromatic rings. The minimum absolute atomic E-state index is 0.0849. The first-order chi connectivity index (χ1) is 8.97. The van der Waals surface area contributed by atoms with E-state index in [1.54, 1.807) is 10.8 Å². The smallest absolute Gasteiger partial charge is 0.352 e. The summed E-state index contributed by atoms with van der Waals surface area (Å²) in [5, 5.41) is 9.21. The van der Waals surface area contributed by atoms with Gasteiger partial charge < -0.3 is 9.67 Å². The van der Waals surface area contributed by atoms with Gasteiger partial charge in [0.2, 0.25) is 0 Å². The number of nitrogens with zero attached hydrogens (tertiary/aromatic N) is 1. The van der Waals surface area contributed by atoms with Crippen LogP contribution in [0.15, 0.2) is 12.3 Å². The molecule has 104 valence electrons. The molecule has 1 fully saturated rings. The normalized spacial score (nSPS) is 23.3. The maximum Gasteiger partial charge on any atom is 0.352 e. The number of aromatic nitrogens is 1. The standard InChI is InChI=1S/C15H21NO3/c1-10-4-3-5-12(6-10)8-16-9-13(11(2)17)7-14(16)15(18)19/h7,9-10,12H,3-6,8H2,1-2H3,(H,18,19). The molecule has 1 heterocycles. The van der Waals surface area contributed by atoms with Gasteiger partial charge >= 0.3 is 5.97 Å². The van der Waals surface area contributed by atoms with E-state index in [4.69, 9.17) is 0 Å². The summed E-state index contributed by atoms with van der Waals surface area (Å²) in [5.74, 6) is 0.193. The number of carboxylic acid groups (broad SMARTS) is 1. The van der Waals surface area contributed by atoms with E-state index in [2.05, 4.69) is 6.92 Å². The number of ketones is 1. The first-order valence-corrected chi connectivity index (χ1v) is 6.91. The van der Waals surface area contributed by atoms with Crippen molar-refractivity contribution in [3.63, 3.8) is 0 Å². The summed E-state index contributed by atoms with van der Waals surface area (Å²) in [6, 6.07) is 1.48. The Labute approximate surface area is 113 Å². The topological polar surface area (TPSA) is 59.3 Å². The van der Waals surface area contributed by atoms with Gasteiger partial charge in [0.15, 0.2) is 5.78 Å². The molecule has 4 heteroatoms. The number of hydrogen-bond donors (Lipinski definition) is 1. The third-order valence-electron chi connectivity index (χ3n) is 4.02. The van der Waals surface area contributed by atoms with Gasteiger partial charge in [0, 0.05) is 18.3 Å². The minimum atomic E-state index is -0.962. The van der Waals surface area contributed by atoms with Gasteiger partial charge in [-0.25, -0.2) is 4.79 Å². The lowest BCUT2D eigenvalue weighted by atomic mass is 9.82. The number of rotatable bonds is 4. The van der Waals surface area contributed by atoms with E-state index in [0.29, 0.717) is 18.0 Å². The van der Waals surface area contributed by atoms with Crippen molar-refractivity contribution in [1.29, 1.82) is 0 Å². The van der Waals surface area contributed by atoms with E-state index in [0.717, 1.165) is 18.8 Å². The first kappa shape index (κ1) is 13.8. The van der Waals surface area contributed by atoms with Crippen molar-refractivity contribution < 1.29 is 14.7 Å². The van der Waals surface area contributed by atoms with E-state index >= 15 is 0 Å². The fraction of sp³-hybridized carbons (Fsp3) is 0.600. The summed E-state index contributed by atoms with van der Waals surface area (Å²) >= 11 is 0. The quantitative estimate of drug-likeness (QED) is 0.848. The number of carbonyl (C=O) groups excluding carboxylic acids is 1. The minimum Gasteiger partial charge on any atom is -0.477 e. The van der Waals surface area contributed by atoms with Crippen LogP contribution >= 0.6 is 0 Å². The Bertz CT molecular complexity index is 490. The van der Waals surface area contributed by atoms with E-state index < -0.39 is 5.97 Å². The van der Waals surface area contributed by atoms with Gasteiger partial charge in [0.1, 0.15) is 5.69 Å². The Morgan fingerprint density at radius 3 is 2.74 bits per heavy atom. The van der Waals surface area contributed by atoms with E-state index in [9.17, 15) is 14.7 Å². The molecule has 2 unspecified atom stereocenters. The Morgan fingerprint density at radius 1 is 1.42 bits per heavy atom. The van der Waals surface area contributed by atoms with Crippen LogP contribution in [0.5, 0.6) is 0 Å². The van der Waals surface area contributed by atoms with Crippen LogP contribution in [-0.4, -0.2) is 21.4 Å². The second-order valence-corrected chi connectivity index (χ2v) is 5.77. The Balaban J connectivity index is 2.18. The average Bonchev–Trinajstić information content (AvgIpc) is 2.73. The molecule has 1 aromatic heterocycles. The van der Waals surface area contributed by atoms with Crippen molar-refractivity contribution in [3.8, 4) is 0 Å². The van der Waals surface area contributed by atoms with Gasteiger partial charge in [-0.15, -0.1) is 0 Å². The molecule has 0 aliphatic heterocycles. The highest BCUT2D eigenvalue weighted by atomic mass is 16.4. The zero-order valence-corrected chi connectivity index (χ0v) is 11.6. The lowest BCUT2D eigenvalue weighted by Gasteiger charge is -2.27. The van der Waals surface area contributed by atoms with Gasteiger partial charge in [-0.2, -0.15) is 0 Å². The van der Waals surface area contributed by atoms with Gasteiger partial charge in [0.05, 0.1) is 0 Å². The van der Waals surface area contributed by atoms with Crippen molar-refractivity contribution in [2.24, 2.45) is 11.8 Å². The van der Waals surface area contributed by atoms with Crippen LogP contribution in [0.1, 0.15) is 60.4 Å². The largest absolute Gasteiger partial charge is 0.477 e. The van der Waals surface area contributed by atoms with E-state index in [-0.39, 0.29) is 11.5 Å². The van der Waals surface area contributed by atoms with Crippen molar-refractivity contribution in [1.82, 2.24) is 4.57 Å². The number of aromatic carboxylic acids is 1. The van der Waals surface area contributed by atoms with Crippen molar-refractivity contribution in [2.75, 3.05) is 0 Å². The summed E-state index contributed by atoms with van der Waals surface area (Å²) in [4.78, 5) is 22.6. The molecule has 1 aliphatic rings. The number of Topliss-reactive ketones (excluding diaryl/α,β-unsaturated/α-hetero) is 1. The fourth-order valence-corrected chi connectivity index (χ4v) is 3.04. The van der Waals surface area contributed by atoms with Crippen LogP contribution in [0.25, 0.3) is 0 Å². The van der Waals surface area contributed by atoms with Crippen LogP contribution in [0.3, 0.4) is 0 Å². The molecule has 19 heavy (non-hydrogen) atoms. The first-order valence-electron chi connectivity index (χ1n) is 6.91. The Morgan fingerprint density at radius 2 is 2.16 bits per heavy atom. The molecule has 2 rings (SSSR count). The summed E-state index contributed by atoms with van der Waals surface area (Å²) in [5.41, 5.74) is 0.713. The predicted molar refractivity (Wildman–Crippen MR) is 72.5 cm³/mol. The highest BCUT2D eigenvalue weighted by molar-refractivity contribution is 5.97. The van der Waals surface area contributed by atoms with Crippen LogP contribution in [-0.2, 0) is 6.54 Å². The Kier molecular flexibility index (Phi) is 4.08. The van der Waals surface area contributed by atoms with E-state index in [1.165, 1.54) is 25.8 Å². The second-order valence-electron chi connectivity index (χ2n) is 5.77. The number of carboxylic acids is 1.